The van der Waals surface area contributed by atoms with E-state index in [1.807, 2.05) is 19.1 Å². The van der Waals surface area contributed by atoms with Crippen molar-refractivity contribution in [3.63, 3.8) is 0 Å². The lowest BCUT2D eigenvalue weighted by atomic mass is 10.1. The van der Waals surface area contributed by atoms with E-state index >= 15 is 0 Å². The van der Waals surface area contributed by atoms with Crippen molar-refractivity contribution in [1.82, 2.24) is 4.90 Å². The predicted octanol–water partition coefficient (Wildman–Crippen LogP) is 2.57. The van der Waals surface area contributed by atoms with Crippen LogP contribution in [-0.4, -0.2) is 54.5 Å². The molecule has 2 aromatic rings. The summed E-state index contributed by atoms with van der Waals surface area (Å²) < 4.78 is 10.6. The Bertz CT molecular complexity index is 1060. The number of nitrogens with zero attached hydrogens (tertiary/aromatic N) is 1. The van der Waals surface area contributed by atoms with Gasteiger partial charge in [-0.25, -0.2) is 4.79 Å². The number of rotatable bonds is 6. The maximum absolute atomic E-state index is 12.7. The number of esters is 1. The van der Waals surface area contributed by atoms with Crippen molar-refractivity contribution in [2.45, 2.75) is 25.9 Å². The number of fused-ring (bicyclic) bond motifs is 1. The Labute approximate surface area is 179 Å². The molecule has 1 atom stereocenters. The Hall–Kier alpha value is -3.52. The molecule has 2 aliphatic rings. The zero-order valence-corrected chi connectivity index (χ0v) is 17.1. The molecule has 1 N–H and O–H groups in total. The Balaban J connectivity index is 1.39. The summed E-state index contributed by atoms with van der Waals surface area (Å²) in [5.74, 6) is -2.08. The van der Waals surface area contributed by atoms with Gasteiger partial charge in [-0.2, -0.15) is 0 Å². The minimum atomic E-state index is -0.749. The number of anilines is 1. The largest absolute Gasteiger partial charge is 0.452 e. The lowest BCUT2D eigenvalue weighted by Crippen LogP contribution is -2.36. The zero-order chi connectivity index (χ0) is 22.0. The molecular weight excluding hydrogens is 400 g/mol. The first kappa shape index (κ1) is 20.7. The number of carbonyl (C=O) groups excluding carboxylic acids is 4. The van der Waals surface area contributed by atoms with Crippen LogP contribution in [0.25, 0.3) is 0 Å². The molecule has 8 nitrogen and oxygen atoms in total. The van der Waals surface area contributed by atoms with E-state index in [0.29, 0.717) is 12.3 Å². The first-order chi connectivity index (χ1) is 14.9. The summed E-state index contributed by atoms with van der Waals surface area (Å²) >= 11 is 0. The fourth-order valence-electron chi connectivity index (χ4n) is 3.69. The fourth-order valence-corrected chi connectivity index (χ4v) is 3.69. The molecule has 0 aliphatic carbocycles. The first-order valence-electron chi connectivity index (χ1n) is 10.1. The SMILES string of the molecule is Cc1ccccc1NC(=O)COC(=O)c1ccc2c(c1)C(=O)N(C[C@@H]1CCCO1)C2=O. The molecule has 1 saturated heterocycles. The van der Waals surface area contributed by atoms with Crippen LogP contribution in [0.1, 0.15) is 49.5 Å². The van der Waals surface area contributed by atoms with E-state index in [9.17, 15) is 19.2 Å². The molecule has 0 saturated carbocycles. The minimum absolute atomic E-state index is 0.0996. The first-order valence-corrected chi connectivity index (χ1v) is 10.1. The number of para-hydroxylation sites is 1. The normalized spacial score (nSPS) is 17.6. The van der Waals surface area contributed by atoms with E-state index in [2.05, 4.69) is 5.32 Å². The molecule has 3 amide bonds. The number of nitrogens with one attached hydrogen (secondary N) is 1. The van der Waals surface area contributed by atoms with E-state index in [1.165, 1.54) is 18.2 Å². The van der Waals surface area contributed by atoms with Gasteiger partial charge in [-0.1, -0.05) is 18.2 Å². The average molecular weight is 422 g/mol. The van der Waals surface area contributed by atoms with Crippen molar-refractivity contribution in [3.05, 3.63) is 64.7 Å². The molecular formula is C23H22N2O6. The van der Waals surface area contributed by atoms with Gasteiger partial charge in [0.2, 0.25) is 0 Å². The minimum Gasteiger partial charge on any atom is -0.452 e. The smallest absolute Gasteiger partial charge is 0.338 e. The molecule has 2 aromatic carbocycles. The van der Waals surface area contributed by atoms with Gasteiger partial charge in [-0.3, -0.25) is 19.3 Å². The third-order valence-electron chi connectivity index (χ3n) is 5.37. The monoisotopic (exact) mass is 422 g/mol. The molecule has 0 bridgehead atoms. The van der Waals surface area contributed by atoms with Crippen LogP contribution in [0, 0.1) is 6.92 Å². The van der Waals surface area contributed by atoms with Gasteiger partial charge in [0, 0.05) is 12.3 Å². The van der Waals surface area contributed by atoms with Crippen LogP contribution in [0.4, 0.5) is 5.69 Å². The van der Waals surface area contributed by atoms with Crippen LogP contribution in [0.3, 0.4) is 0 Å². The average Bonchev–Trinajstić information content (AvgIpc) is 3.36. The summed E-state index contributed by atoms with van der Waals surface area (Å²) in [4.78, 5) is 50.9. The highest BCUT2D eigenvalue weighted by Gasteiger charge is 2.38. The second-order valence-electron chi connectivity index (χ2n) is 7.56. The Morgan fingerprint density at radius 3 is 2.65 bits per heavy atom. The van der Waals surface area contributed by atoms with Crippen LogP contribution >= 0.6 is 0 Å². The van der Waals surface area contributed by atoms with Gasteiger partial charge < -0.3 is 14.8 Å². The second-order valence-corrected chi connectivity index (χ2v) is 7.56. The van der Waals surface area contributed by atoms with Crippen molar-refractivity contribution in [2.24, 2.45) is 0 Å². The van der Waals surface area contributed by atoms with Crippen molar-refractivity contribution >= 4 is 29.4 Å². The quantitative estimate of drug-likeness (QED) is 0.567. The number of benzene rings is 2. The zero-order valence-electron chi connectivity index (χ0n) is 17.1. The molecule has 2 aliphatic heterocycles. The maximum atomic E-state index is 12.7. The highest BCUT2D eigenvalue weighted by atomic mass is 16.5. The van der Waals surface area contributed by atoms with Gasteiger partial charge in [-0.15, -0.1) is 0 Å². The van der Waals surface area contributed by atoms with E-state index in [1.54, 1.807) is 12.1 Å². The topological polar surface area (TPSA) is 102 Å². The number of aryl methyl sites for hydroxylation is 1. The fraction of sp³-hybridized carbons (Fsp3) is 0.304. The molecule has 1 fully saturated rings. The van der Waals surface area contributed by atoms with Crippen molar-refractivity contribution in [2.75, 3.05) is 25.1 Å². The van der Waals surface area contributed by atoms with E-state index < -0.39 is 30.3 Å². The second kappa shape index (κ2) is 8.69. The third kappa shape index (κ3) is 4.34. The molecule has 31 heavy (non-hydrogen) atoms. The summed E-state index contributed by atoms with van der Waals surface area (Å²) in [6.07, 6.45) is 1.55. The molecule has 4 rings (SSSR count). The Kier molecular flexibility index (Phi) is 5.81. The highest BCUT2D eigenvalue weighted by Crippen LogP contribution is 2.26. The lowest BCUT2D eigenvalue weighted by Gasteiger charge is -2.17. The summed E-state index contributed by atoms with van der Waals surface area (Å²) in [6, 6.07) is 11.4. The van der Waals surface area contributed by atoms with Gasteiger partial charge in [0.05, 0.1) is 29.3 Å². The predicted molar refractivity (Wildman–Crippen MR) is 111 cm³/mol. The summed E-state index contributed by atoms with van der Waals surface area (Å²) in [5.41, 5.74) is 2.02. The molecule has 0 aromatic heterocycles. The maximum Gasteiger partial charge on any atom is 0.338 e. The van der Waals surface area contributed by atoms with E-state index in [4.69, 9.17) is 9.47 Å². The molecule has 0 unspecified atom stereocenters. The van der Waals surface area contributed by atoms with Crippen LogP contribution in [0.5, 0.6) is 0 Å². The van der Waals surface area contributed by atoms with Gasteiger partial charge in [-0.05, 0) is 49.6 Å². The van der Waals surface area contributed by atoms with Gasteiger partial charge in [0.25, 0.3) is 17.7 Å². The highest BCUT2D eigenvalue weighted by molar-refractivity contribution is 6.22. The Morgan fingerprint density at radius 1 is 1.13 bits per heavy atom. The van der Waals surface area contributed by atoms with Crippen molar-refractivity contribution in [1.29, 1.82) is 0 Å². The summed E-state index contributed by atoms with van der Waals surface area (Å²) in [7, 11) is 0. The van der Waals surface area contributed by atoms with Gasteiger partial charge >= 0.3 is 5.97 Å². The number of imide groups is 1. The molecule has 0 radical (unpaired) electrons. The molecule has 160 valence electrons. The van der Waals surface area contributed by atoms with Gasteiger partial charge in [0.15, 0.2) is 6.61 Å². The Morgan fingerprint density at radius 2 is 1.90 bits per heavy atom. The number of ether oxygens (including phenoxy) is 2. The van der Waals surface area contributed by atoms with Crippen LogP contribution in [0.2, 0.25) is 0 Å². The van der Waals surface area contributed by atoms with Gasteiger partial charge in [0.1, 0.15) is 0 Å². The standard InChI is InChI=1S/C23H22N2O6/c1-14-5-2-3-7-19(14)24-20(26)13-31-23(29)15-8-9-17-18(11-15)22(28)25(21(17)27)12-16-6-4-10-30-16/h2-3,5,7-9,11,16H,4,6,10,12-13H2,1H3,(H,24,26)/t16-/m0/s1. The molecule has 8 heteroatoms. The summed E-state index contributed by atoms with van der Waals surface area (Å²) in [5, 5.41) is 2.68. The number of hydrogen-bond acceptors (Lipinski definition) is 6. The van der Waals surface area contributed by atoms with Crippen molar-refractivity contribution in [3.8, 4) is 0 Å². The van der Waals surface area contributed by atoms with E-state index in [-0.39, 0.29) is 29.3 Å². The molecule has 0 spiro atoms. The van der Waals surface area contributed by atoms with Crippen LogP contribution in [-0.2, 0) is 14.3 Å². The molecule has 2 heterocycles. The number of amides is 3. The number of hydrogen-bond donors (Lipinski definition) is 1. The third-order valence-corrected chi connectivity index (χ3v) is 5.37. The number of carbonyl (C=O) groups is 4. The van der Waals surface area contributed by atoms with Crippen LogP contribution in [0.15, 0.2) is 42.5 Å². The van der Waals surface area contributed by atoms with Crippen molar-refractivity contribution < 1.29 is 28.7 Å². The lowest BCUT2D eigenvalue weighted by molar-refractivity contribution is -0.119. The van der Waals surface area contributed by atoms with E-state index in [0.717, 1.165) is 23.3 Å². The summed E-state index contributed by atoms with van der Waals surface area (Å²) in [6.45, 7) is 2.21. The van der Waals surface area contributed by atoms with Crippen LogP contribution < -0.4 is 5.32 Å².